The fourth-order valence-corrected chi connectivity index (χ4v) is 3.19. The molecule has 1 saturated carbocycles. The number of likely N-dealkylation sites (tertiary alicyclic amines) is 1. The number of esters is 1. The van der Waals surface area contributed by atoms with Crippen molar-refractivity contribution in [3.05, 3.63) is 11.6 Å². The average Bonchev–Trinajstić information content (AvgIpc) is 2.42. The number of hydrogen-bond donors (Lipinski definition) is 0. The number of carbonyl (C=O) groups is 2. The van der Waals surface area contributed by atoms with Gasteiger partial charge in [-0.2, -0.15) is 0 Å². The van der Waals surface area contributed by atoms with Gasteiger partial charge < -0.3 is 14.4 Å². The van der Waals surface area contributed by atoms with Gasteiger partial charge in [0.05, 0.1) is 6.61 Å². The van der Waals surface area contributed by atoms with Crippen LogP contribution in [0.25, 0.3) is 0 Å². The van der Waals surface area contributed by atoms with Crippen molar-refractivity contribution in [2.45, 2.75) is 59.0 Å². The Morgan fingerprint density at radius 1 is 1.23 bits per heavy atom. The van der Waals surface area contributed by atoms with Crippen LogP contribution in [0, 0.1) is 5.41 Å². The van der Waals surface area contributed by atoms with Crippen LogP contribution in [0.5, 0.6) is 0 Å². The lowest BCUT2D eigenvalue weighted by Gasteiger charge is -2.50. The molecule has 0 aromatic heterocycles. The minimum absolute atomic E-state index is 0.102. The summed E-state index contributed by atoms with van der Waals surface area (Å²) in [5.41, 5.74) is 0.831. The van der Waals surface area contributed by atoms with Crippen molar-refractivity contribution in [1.29, 1.82) is 0 Å². The molecule has 1 heterocycles. The molecule has 1 spiro atoms. The monoisotopic (exact) mass is 309 g/mol. The maximum atomic E-state index is 12.1. The molecule has 2 aliphatic rings. The third kappa shape index (κ3) is 3.81. The van der Waals surface area contributed by atoms with Crippen LogP contribution >= 0.6 is 0 Å². The van der Waals surface area contributed by atoms with Crippen LogP contribution in [-0.2, 0) is 14.3 Å². The highest BCUT2D eigenvalue weighted by Gasteiger charge is 2.45. The van der Waals surface area contributed by atoms with Crippen molar-refractivity contribution in [1.82, 2.24) is 4.90 Å². The zero-order valence-electron chi connectivity index (χ0n) is 14.1. The third-order valence-electron chi connectivity index (χ3n) is 4.50. The molecule has 0 unspecified atom stereocenters. The van der Waals surface area contributed by atoms with Crippen LogP contribution in [0.4, 0.5) is 4.79 Å². The number of nitrogens with zero attached hydrogens (tertiary/aromatic N) is 1. The van der Waals surface area contributed by atoms with Crippen molar-refractivity contribution < 1.29 is 19.1 Å². The van der Waals surface area contributed by atoms with Gasteiger partial charge in [-0.3, -0.25) is 0 Å². The van der Waals surface area contributed by atoms with E-state index in [2.05, 4.69) is 0 Å². The summed E-state index contributed by atoms with van der Waals surface area (Å²) in [6, 6.07) is 0. The van der Waals surface area contributed by atoms with Gasteiger partial charge in [-0.1, -0.05) is 5.57 Å². The van der Waals surface area contributed by atoms with E-state index in [4.69, 9.17) is 9.47 Å². The summed E-state index contributed by atoms with van der Waals surface area (Å²) in [6.45, 7) is 9.23. The van der Waals surface area contributed by atoms with E-state index in [1.165, 1.54) is 5.57 Å². The molecule has 0 N–H and O–H groups in total. The Hall–Kier alpha value is -1.52. The number of rotatable bonds is 2. The molecule has 1 saturated heterocycles. The molecule has 0 atom stereocenters. The molecule has 124 valence electrons. The second-order valence-corrected chi connectivity index (χ2v) is 7.17. The van der Waals surface area contributed by atoms with Gasteiger partial charge in [-0.25, -0.2) is 9.59 Å². The number of amides is 1. The van der Waals surface area contributed by atoms with Gasteiger partial charge in [0.25, 0.3) is 0 Å². The molecule has 0 aromatic carbocycles. The number of hydrogen-bond acceptors (Lipinski definition) is 4. The zero-order valence-corrected chi connectivity index (χ0v) is 14.1. The number of allylic oxidation sites excluding steroid dienone is 1. The summed E-state index contributed by atoms with van der Waals surface area (Å²) in [4.78, 5) is 25.5. The molecule has 1 aliphatic carbocycles. The summed E-state index contributed by atoms with van der Waals surface area (Å²) in [5.74, 6) is -0.244. The second kappa shape index (κ2) is 6.31. The molecule has 2 fully saturated rings. The first-order valence-electron chi connectivity index (χ1n) is 8.11. The lowest BCUT2D eigenvalue weighted by atomic mass is 9.59. The number of carbonyl (C=O) groups excluding carboxylic acids is 2. The predicted molar refractivity (Wildman–Crippen MR) is 83.4 cm³/mol. The molecule has 0 radical (unpaired) electrons. The van der Waals surface area contributed by atoms with Crippen LogP contribution in [0.15, 0.2) is 11.6 Å². The molecule has 2 rings (SSSR count). The van der Waals surface area contributed by atoms with Crippen molar-refractivity contribution in [3.63, 3.8) is 0 Å². The van der Waals surface area contributed by atoms with E-state index in [0.717, 1.165) is 25.7 Å². The Balaban J connectivity index is 1.91. The fraction of sp³-hybridized carbons (Fsp3) is 0.765. The third-order valence-corrected chi connectivity index (χ3v) is 4.50. The summed E-state index contributed by atoms with van der Waals surface area (Å²) in [7, 11) is 0. The standard InChI is InChI=1S/C17H27NO4/c1-5-21-14(19)12-13-6-7-17(13)8-10-18(11-9-17)15(20)22-16(2,3)4/h12H,5-11H2,1-4H3/b13-12-. The molecule has 22 heavy (non-hydrogen) atoms. The lowest BCUT2D eigenvalue weighted by molar-refractivity contribution is -0.137. The summed E-state index contributed by atoms with van der Waals surface area (Å²) < 4.78 is 10.4. The van der Waals surface area contributed by atoms with Gasteiger partial charge in [0.15, 0.2) is 0 Å². The Morgan fingerprint density at radius 3 is 2.32 bits per heavy atom. The van der Waals surface area contributed by atoms with Crippen molar-refractivity contribution in [2.24, 2.45) is 5.41 Å². The van der Waals surface area contributed by atoms with Gasteiger partial charge in [-0.15, -0.1) is 0 Å². The first kappa shape index (κ1) is 16.8. The van der Waals surface area contributed by atoms with E-state index in [1.807, 2.05) is 27.7 Å². The Labute approximate surface area is 132 Å². The number of piperidine rings is 1. The Morgan fingerprint density at radius 2 is 1.86 bits per heavy atom. The van der Waals surface area contributed by atoms with Crippen molar-refractivity contribution in [3.8, 4) is 0 Å². The van der Waals surface area contributed by atoms with E-state index in [9.17, 15) is 9.59 Å². The molecule has 5 heteroatoms. The van der Waals surface area contributed by atoms with Crippen molar-refractivity contribution >= 4 is 12.1 Å². The Kier molecular flexibility index (Phi) is 4.83. The van der Waals surface area contributed by atoms with Crippen LogP contribution in [0.2, 0.25) is 0 Å². The molecular formula is C17H27NO4. The van der Waals surface area contributed by atoms with Gasteiger partial charge in [0, 0.05) is 19.2 Å². The molecule has 5 nitrogen and oxygen atoms in total. The van der Waals surface area contributed by atoms with E-state index in [-0.39, 0.29) is 17.5 Å². The first-order valence-corrected chi connectivity index (χ1v) is 8.11. The minimum atomic E-state index is -0.461. The highest BCUT2D eigenvalue weighted by Crippen LogP contribution is 2.53. The molecule has 0 aromatic rings. The van der Waals surface area contributed by atoms with E-state index < -0.39 is 5.60 Å². The van der Waals surface area contributed by atoms with Gasteiger partial charge >= 0.3 is 12.1 Å². The highest BCUT2D eigenvalue weighted by atomic mass is 16.6. The quantitative estimate of drug-likeness (QED) is 0.580. The van der Waals surface area contributed by atoms with E-state index >= 15 is 0 Å². The Bertz CT molecular complexity index is 468. The smallest absolute Gasteiger partial charge is 0.410 e. The van der Waals surface area contributed by atoms with Crippen LogP contribution in [-0.4, -0.2) is 42.3 Å². The minimum Gasteiger partial charge on any atom is -0.463 e. The van der Waals surface area contributed by atoms with Crippen LogP contribution < -0.4 is 0 Å². The summed E-state index contributed by atoms with van der Waals surface area (Å²) in [6.07, 6.45) is 5.29. The second-order valence-electron chi connectivity index (χ2n) is 7.17. The van der Waals surface area contributed by atoms with Gasteiger partial charge in [0.2, 0.25) is 0 Å². The van der Waals surface area contributed by atoms with Gasteiger partial charge in [-0.05, 0) is 58.8 Å². The zero-order chi connectivity index (χ0) is 16.4. The summed E-state index contributed by atoms with van der Waals surface area (Å²) in [5, 5.41) is 0. The largest absolute Gasteiger partial charge is 0.463 e. The fourth-order valence-electron chi connectivity index (χ4n) is 3.19. The lowest BCUT2D eigenvalue weighted by Crippen LogP contribution is -2.48. The SMILES string of the molecule is CCOC(=O)/C=C1/CCC12CCN(C(=O)OC(C)(C)C)CC2. The molecule has 1 aliphatic heterocycles. The van der Waals surface area contributed by atoms with E-state index in [1.54, 1.807) is 11.0 Å². The predicted octanol–water partition coefficient (Wildman–Crippen LogP) is 3.29. The van der Waals surface area contributed by atoms with Crippen molar-refractivity contribution in [2.75, 3.05) is 19.7 Å². The maximum Gasteiger partial charge on any atom is 0.410 e. The van der Waals surface area contributed by atoms with Crippen LogP contribution in [0.1, 0.15) is 53.4 Å². The number of ether oxygens (including phenoxy) is 2. The summed E-state index contributed by atoms with van der Waals surface area (Å²) >= 11 is 0. The van der Waals surface area contributed by atoms with Crippen LogP contribution in [0.3, 0.4) is 0 Å². The highest BCUT2D eigenvalue weighted by molar-refractivity contribution is 5.83. The first-order chi connectivity index (χ1) is 10.3. The molecular weight excluding hydrogens is 282 g/mol. The maximum absolute atomic E-state index is 12.1. The topological polar surface area (TPSA) is 55.8 Å². The normalized spacial score (nSPS) is 22.4. The van der Waals surface area contributed by atoms with Gasteiger partial charge in [0.1, 0.15) is 5.60 Å². The molecule has 0 bridgehead atoms. The average molecular weight is 309 g/mol. The molecule has 1 amide bonds. The van der Waals surface area contributed by atoms with E-state index in [0.29, 0.717) is 19.7 Å².